The van der Waals surface area contributed by atoms with Crippen LogP contribution in [0, 0.1) is 0 Å². The van der Waals surface area contributed by atoms with E-state index in [9.17, 15) is 18.0 Å². The van der Waals surface area contributed by atoms with E-state index in [-0.39, 0.29) is 29.4 Å². The van der Waals surface area contributed by atoms with Crippen LogP contribution < -0.4 is 24.8 Å². The first-order valence-electron chi connectivity index (χ1n) is 11.7. The van der Waals surface area contributed by atoms with E-state index < -0.39 is 21.8 Å². The molecule has 2 rings (SSSR count). The van der Waals surface area contributed by atoms with E-state index in [1.807, 2.05) is 6.92 Å². The number of unbranched alkanes of at least 4 members (excludes halogenated alkanes) is 1. The summed E-state index contributed by atoms with van der Waals surface area (Å²) in [5, 5.41) is 5.38. The highest BCUT2D eigenvalue weighted by Crippen LogP contribution is 2.32. The van der Waals surface area contributed by atoms with Gasteiger partial charge in [0, 0.05) is 30.1 Å². The molecule has 0 unspecified atom stereocenters. The van der Waals surface area contributed by atoms with Crippen molar-refractivity contribution >= 4 is 27.5 Å². The quantitative estimate of drug-likeness (QED) is 0.296. The van der Waals surface area contributed by atoms with Gasteiger partial charge in [0.2, 0.25) is 0 Å². The number of esters is 1. The van der Waals surface area contributed by atoms with Gasteiger partial charge >= 0.3 is 12.0 Å². The molecule has 2 aromatic carbocycles. The summed E-state index contributed by atoms with van der Waals surface area (Å²) in [7, 11) is -2.29. The van der Waals surface area contributed by atoms with Crippen LogP contribution in [0.3, 0.4) is 0 Å². The minimum Gasteiger partial charge on any atom is -0.493 e. The molecule has 0 atom stereocenters. The van der Waals surface area contributed by atoms with Crippen molar-refractivity contribution in [3.05, 3.63) is 41.5 Å². The monoisotopic (exact) mass is 522 g/mol. The minimum atomic E-state index is -3.56. The molecule has 198 valence electrons. The van der Waals surface area contributed by atoms with E-state index in [0.29, 0.717) is 36.0 Å². The lowest BCUT2D eigenvalue weighted by atomic mass is 10.1. The Kier molecular flexibility index (Phi) is 10.8. The normalized spacial score (nSPS) is 10.9. The van der Waals surface area contributed by atoms with E-state index in [0.717, 1.165) is 19.1 Å². The van der Waals surface area contributed by atoms with E-state index in [1.165, 1.54) is 19.2 Å². The molecular weight excluding hydrogens is 488 g/mol. The second kappa shape index (κ2) is 13.6. The zero-order valence-corrected chi connectivity index (χ0v) is 22.1. The molecule has 0 heterocycles. The zero-order chi connectivity index (χ0) is 26.7. The van der Waals surface area contributed by atoms with Crippen LogP contribution in [-0.4, -0.2) is 53.6 Å². The number of sulfone groups is 1. The fraction of sp³-hybridized carbons (Fsp3) is 0.440. The summed E-state index contributed by atoms with van der Waals surface area (Å²) in [6.07, 6.45) is 2.87. The lowest BCUT2D eigenvalue weighted by molar-refractivity contribution is 0.0596. The molecule has 0 aromatic heterocycles. The maximum absolute atomic E-state index is 12.6. The molecule has 0 saturated carbocycles. The summed E-state index contributed by atoms with van der Waals surface area (Å²) in [6, 6.07) is 7.10. The van der Waals surface area contributed by atoms with Gasteiger partial charge in [-0.3, -0.25) is 0 Å². The molecule has 0 radical (unpaired) electrons. The minimum absolute atomic E-state index is 0.0117. The van der Waals surface area contributed by atoms with Crippen LogP contribution in [-0.2, 0) is 21.1 Å². The standard InChI is InChI=1S/C25H34N2O8S/c1-6-9-12-35-20-11-10-18(14-19(20)24(28)32-4)27-25(29)26-16-17-13-22(34-8-3)23(36(5,30)31)15-21(17)33-7-2/h10-11,13-15H,6-9,12,16H2,1-5H3,(H2,26,27,29). The topological polar surface area (TPSA) is 129 Å². The SMILES string of the molecule is CCCCOc1ccc(NC(=O)NCc2cc(OCC)c(S(C)(=O)=O)cc2OCC)cc1C(=O)OC. The number of nitrogens with one attached hydrogen (secondary N) is 2. The van der Waals surface area contributed by atoms with Crippen molar-refractivity contribution in [3.8, 4) is 17.2 Å². The number of amides is 2. The number of anilines is 1. The van der Waals surface area contributed by atoms with Gasteiger partial charge in [-0.25, -0.2) is 18.0 Å². The maximum Gasteiger partial charge on any atom is 0.341 e. The van der Waals surface area contributed by atoms with Gasteiger partial charge in [-0.15, -0.1) is 0 Å². The highest BCUT2D eigenvalue weighted by Gasteiger charge is 2.20. The number of hydrogen-bond acceptors (Lipinski definition) is 8. The van der Waals surface area contributed by atoms with Crippen LogP contribution in [0.25, 0.3) is 0 Å². The third kappa shape index (κ3) is 8.04. The second-order valence-electron chi connectivity index (χ2n) is 7.76. The van der Waals surface area contributed by atoms with Gasteiger partial charge in [-0.1, -0.05) is 13.3 Å². The molecule has 2 amide bonds. The predicted octanol–water partition coefficient (Wildman–Crippen LogP) is 4.17. The number of urea groups is 1. The Morgan fingerprint density at radius 3 is 2.22 bits per heavy atom. The molecule has 0 aliphatic heterocycles. The van der Waals surface area contributed by atoms with Crippen molar-refractivity contribution in [1.29, 1.82) is 0 Å². The first-order valence-corrected chi connectivity index (χ1v) is 13.6. The molecule has 2 N–H and O–H groups in total. The van der Waals surface area contributed by atoms with Crippen LogP contribution in [0.5, 0.6) is 17.2 Å². The Balaban J connectivity index is 2.21. The molecule has 10 nitrogen and oxygen atoms in total. The summed E-state index contributed by atoms with van der Waals surface area (Å²) in [4.78, 5) is 24.8. The van der Waals surface area contributed by atoms with Crippen molar-refractivity contribution < 1.29 is 37.0 Å². The zero-order valence-electron chi connectivity index (χ0n) is 21.3. The Morgan fingerprint density at radius 2 is 1.61 bits per heavy atom. The third-order valence-electron chi connectivity index (χ3n) is 4.96. The number of carbonyl (C=O) groups excluding carboxylic acids is 2. The number of hydrogen-bond donors (Lipinski definition) is 2. The average Bonchev–Trinajstić information content (AvgIpc) is 2.83. The van der Waals surface area contributed by atoms with Crippen LogP contribution in [0.1, 0.15) is 49.5 Å². The summed E-state index contributed by atoms with van der Waals surface area (Å²) in [5.74, 6) is 0.295. The third-order valence-corrected chi connectivity index (χ3v) is 6.08. The van der Waals surface area contributed by atoms with Crippen LogP contribution in [0.2, 0.25) is 0 Å². The fourth-order valence-corrected chi connectivity index (χ4v) is 4.05. The van der Waals surface area contributed by atoms with Gasteiger partial charge in [-0.2, -0.15) is 0 Å². The van der Waals surface area contributed by atoms with Crippen molar-refractivity contribution in [2.45, 2.75) is 45.1 Å². The predicted molar refractivity (Wildman–Crippen MR) is 136 cm³/mol. The van der Waals surface area contributed by atoms with Crippen molar-refractivity contribution in [2.24, 2.45) is 0 Å². The van der Waals surface area contributed by atoms with Gasteiger partial charge in [-0.05, 0) is 44.5 Å². The number of benzene rings is 2. The highest BCUT2D eigenvalue weighted by atomic mass is 32.2. The van der Waals surface area contributed by atoms with E-state index >= 15 is 0 Å². The van der Waals surface area contributed by atoms with Crippen LogP contribution >= 0.6 is 0 Å². The average molecular weight is 523 g/mol. The van der Waals surface area contributed by atoms with E-state index in [2.05, 4.69) is 10.6 Å². The summed E-state index contributed by atoms with van der Waals surface area (Å²) in [6.45, 7) is 6.62. The summed E-state index contributed by atoms with van der Waals surface area (Å²) >= 11 is 0. The summed E-state index contributed by atoms with van der Waals surface area (Å²) in [5.41, 5.74) is 1.10. The second-order valence-corrected chi connectivity index (χ2v) is 9.74. The van der Waals surface area contributed by atoms with Gasteiger partial charge < -0.3 is 29.6 Å². The highest BCUT2D eigenvalue weighted by molar-refractivity contribution is 7.90. The van der Waals surface area contributed by atoms with Crippen molar-refractivity contribution in [3.63, 3.8) is 0 Å². The number of ether oxygens (including phenoxy) is 4. The molecule has 0 aliphatic rings. The van der Waals surface area contributed by atoms with Gasteiger partial charge in [0.05, 0.1) is 26.9 Å². The molecule has 0 fully saturated rings. The number of carbonyl (C=O) groups is 2. The molecule has 0 saturated heterocycles. The molecular formula is C25H34N2O8S. The molecule has 36 heavy (non-hydrogen) atoms. The van der Waals surface area contributed by atoms with Gasteiger partial charge in [0.25, 0.3) is 0 Å². The lowest BCUT2D eigenvalue weighted by Crippen LogP contribution is -2.28. The Morgan fingerprint density at radius 1 is 0.917 bits per heavy atom. The molecule has 0 bridgehead atoms. The summed E-state index contributed by atoms with van der Waals surface area (Å²) < 4.78 is 46.0. The Hall–Kier alpha value is -3.47. The number of rotatable bonds is 13. The van der Waals surface area contributed by atoms with Gasteiger partial charge in [0.15, 0.2) is 9.84 Å². The molecule has 2 aromatic rings. The van der Waals surface area contributed by atoms with E-state index in [1.54, 1.807) is 32.0 Å². The van der Waals surface area contributed by atoms with Gasteiger partial charge in [0.1, 0.15) is 27.7 Å². The maximum atomic E-state index is 12.6. The fourth-order valence-electron chi connectivity index (χ4n) is 3.25. The number of methoxy groups -OCH3 is 1. The first kappa shape index (κ1) is 28.8. The van der Waals surface area contributed by atoms with Crippen molar-refractivity contribution in [2.75, 3.05) is 38.5 Å². The molecule has 11 heteroatoms. The first-order chi connectivity index (χ1) is 17.1. The lowest BCUT2D eigenvalue weighted by Gasteiger charge is -2.17. The van der Waals surface area contributed by atoms with E-state index in [4.69, 9.17) is 18.9 Å². The van der Waals surface area contributed by atoms with Crippen molar-refractivity contribution in [1.82, 2.24) is 5.32 Å². The van der Waals surface area contributed by atoms with Crippen LogP contribution in [0.4, 0.5) is 10.5 Å². The Labute approximate surface area is 212 Å². The smallest absolute Gasteiger partial charge is 0.341 e. The Bertz CT molecular complexity index is 1160. The molecule has 0 aliphatic carbocycles. The largest absolute Gasteiger partial charge is 0.493 e. The van der Waals surface area contributed by atoms with Crippen LogP contribution in [0.15, 0.2) is 35.2 Å². The molecule has 0 spiro atoms.